The Kier molecular flexibility index (Phi) is 6.84. The van der Waals surface area contributed by atoms with Gasteiger partial charge in [-0.05, 0) is 38.1 Å². The van der Waals surface area contributed by atoms with E-state index in [-0.39, 0.29) is 23.6 Å². The molecule has 4 heterocycles. The second kappa shape index (κ2) is 10.1. The summed E-state index contributed by atoms with van der Waals surface area (Å²) in [6, 6.07) is 6.79. The largest absolute Gasteiger partial charge is 0.367 e. The Labute approximate surface area is 191 Å². The van der Waals surface area contributed by atoms with Crippen molar-refractivity contribution in [3.8, 4) is 11.4 Å². The minimum atomic E-state index is -0.357. The van der Waals surface area contributed by atoms with Crippen molar-refractivity contribution in [2.45, 2.75) is 19.9 Å². The van der Waals surface area contributed by atoms with Gasteiger partial charge >= 0.3 is 0 Å². The van der Waals surface area contributed by atoms with Crippen LogP contribution in [0.15, 0.2) is 49.1 Å². The van der Waals surface area contributed by atoms with Crippen LogP contribution in [0.4, 0.5) is 11.4 Å². The minimum absolute atomic E-state index is 0.0180. The molecule has 1 aliphatic heterocycles. The number of carbonyl (C=O) groups is 2. The van der Waals surface area contributed by atoms with Crippen molar-refractivity contribution < 1.29 is 9.59 Å². The second-order valence-electron chi connectivity index (χ2n) is 7.91. The molecule has 10 heteroatoms. The molecule has 1 saturated heterocycles. The fourth-order valence-corrected chi connectivity index (χ4v) is 3.47. The Bertz CT molecular complexity index is 1130. The van der Waals surface area contributed by atoms with Crippen LogP contribution >= 0.6 is 0 Å². The van der Waals surface area contributed by atoms with Crippen LogP contribution in [0.2, 0.25) is 0 Å². The summed E-state index contributed by atoms with van der Waals surface area (Å²) in [6.45, 7) is 7.24. The van der Waals surface area contributed by atoms with E-state index in [1.54, 1.807) is 30.6 Å². The maximum absolute atomic E-state index is 13.0. The lowest BCUT2D eigenvalue weighted by atomic mass is 10.2. The molecule has 3 aromatic rings. The monoisotopic (exact) mass is 446 g/mol. The van der Waals surface area contributed by atoms with Crippen LogP contribution in [-0.2, 0) is 0 Å². The maximum Gasteiger partial charge on any atom is 0.274 e. The zero-order valence-corrected chi connectivity index (χ0v) is 18.6. The molecule has 0 saturated carbocycles. The number of rotatable bonds is 6. The molecule has 0 aromatic carbocycles. The van der Waals surface area contributed by atoms with Gasteiger partial charge in [0.25, 0.3) is 11.8 Å². The summed E-state index contributed by atoms with van der Waals surface area (Å²) < 4.78 is 0. The number of pyridine rings is 2. The highest BCUT2D eigenvalue weighted by Gasteiger charge is 2.18. The van der Waals surface area contributed by atoms with Crippen molar-refractivity contribution >= 4 is 23.2 Å². The number of aromatic nitrogens is 4. The van der Waals surface area contributed by atoms with Crippen LogP contribution < -0.4 is 20.9 Å². The lowest BCUT2D eigenvalue weighted by Crippen LogP contribution is -2.43. The molecule has 2 amide bonds. The van der Waals surface area contributed by atoms with Gasteiger partial charge in [-0.15, -0.1) is 0 Å². The van der Waals surface area contributed by atoms with E-state index >= 15 is 0 Å². The first-order valence-electron chi connectivity index (χ1n) is 10.8. The fourth-order valence-electron chi connectivity index (χ4n) is 3.47. The molecule has 0 spiro atoms. The van der Waals surface area contributed by atoms with E-state index in [0.717, 1.165) is 31.9 Å². The smallest absolute Gasteiger partial charge is 0.274 e. The van der Waals surface area contributed by atoms with Crippen LogP contribution in [0.25, 0.3) is 11.4 Å². The number of hydrogen-bond donors (Lipinski definition) is 3. The van der Waals surface area contributed by atoms with E-state index in [9.17, 15) is 9.59 Å². The van der Waals surface area contributed by atoms with Crippen LogP contribution in [0.3, 0.4) is 0 Å². The van der Waals surface area contributed by atoms with E-state index in [4.69, 9.17) is 0 Å². The molecule has 1 fully saturated rings. The number of anilines is 2. The molecular formula is C23H26N8O2. The van der Waals surface area contributed by atoms with E-state index in [0.29, 0.717) is 22.8 Å². The first kappa shape index (κ1) is 22.3. The Morgan fingerprint density at radius 1 is 0.970 bits per heavy atom. The van der Waals surface area contributed by atoms with Gasteiger partial charge in [-0.1, -0.05) is 0 Å². The third kappa shape index (κ3) is 5.47. The Balaban J connectivity index is 1.50. The number of nitrogens with one attached hydrogen (secondary N) is 3. The van der Waals surface area contributed by atoms with Gasteiger partial charge in [0.15, 0.2) is 5.82 Å². The zero-order valence-electron chi connectivity index (χ0n) is 18.6. The third-order valence-electron chi connectivity index (χ3n) is 5.07. The van der Waals surface area contributed by atoms with Crippen molar-refractivity contribution in [2.75, 3.05) is 36.4 Å². The minimum Gasteiger partial charge on any atom is -0.367 e. The Morgan fingerprint density at radius 3 is 2.52 bits per heavy atom. The summed E-state index contributed by atoms with van der Waals surface area (Å²) in [5.74, 6) is -0.259. The van der Waals surface area contributed by atoms with Gasteiger partial charge in [0.2, 0.25) is 0 Å². The molecule has 4 rings (SSSR count). The van der Waals surface area contributed by atoms with Crippen molar-refractivity contribution in [3.63, 3.8) is 0 Å². The van der Waals surface area contributed by atoms with Gasteiger partial charge in [-0.25, -0.2) is 9.97 Å². The average Bonchev–Trinajstić information content (AvgIpc) is 2.85. The summed E-state index contributed by atoms with van der Waals surface area (Å²) in [7, 11) is 0. The van der Waals surface area contributed by atoms with Crippen molar-refractivity contribution in [1.82, 2.24) is 30.6 Å². The first-order chi connectivity index (χ1) is 16.0. The van der Waals surface area contributed by atoms with E-state index in [2.05, 4.69) is 40.8 Å². The summed E-state index contributed by atoms with van der Waals surface area (Å²) in [5.41, 5.74) is 2.68. The van der Waals surface area contributed by atoms with Crippen molar-refractivity contribution in [1.29, 1.82) is 0 Å². The van der Waals surface area contributed by atoms with E-state index < -0.39 is 0 Å². The average molecular weight is 447 g/mol. The summed E-state index contributed by atoms with van der Waals surface area (Å²) in [4.78, 5) is 44.3. The molecule has 1 aliphatic rings. The molecule has 0 bridgehead atoms. The molecule has 3 N–H and O–H groups in total. The molecule has 0 atom stereocenters. The lowest BCUT2D eigenvalue weighted by molar-refractivity contribution is 0.0937. The van der Waals surface area contributed by atoms with Crippen LogP contribution in [0.5, 0.6) is 0 Å². The lowest BCUT2D eigenvalue weighted by Gasteiger charge is -2.30. The highest BCUT2D eigenvalue weighted by molar-refractivity contribution is 6.04. The SMILES string of the molecule is CC(C)NC(=O)c1ccc(-c2nccc(C(=O)Nc3cnccc3N3CCNCC3)n2)cn1. The van der Waals surface area contributed by atoms with Gasteiger partial charge in [-0.2, -0.15) is 0 Å². The first-order valence-corrected chi connectivity index (χ1v) is 10.8. The zero-order chi connectivity index (χ0) is 23.2. The number of nitrogens with zero attached hydrogens (tertiary/aromatic N) is 5. The van der Waals surface area contributed by atoms with Crippen LogP contribution in [0, 0.1) is 0 Å². The summed E-state index contributed by atoms with van der Waals surface area (Å²) in [5, 5.41) is 9.04. The fraction of sp³-hybridized carbons (Fsp3) is 0.304. The van der Waals surface area contributed by atoms with Gasteiger partial charge in [0, 0.05) is 56.4 Å². The normalized spacial score (nSPS) is 13.6. The van der Waals surface area contributed by atoms with Crippen molar-refractivity contribution in [2.24, 2.45) is 0 Å². The standard InChI is InChI=1S/C23H26N8O2/c1-15(2)28-22(32)17-4-3-16(13-27-17)21-26-8-5-18(29-21)23(33)30-19-14-25-7-6-20(19)31-11-9-24-10-12-31/h3-8,13-15,24H,9-12H2,1-2H3,(H,28,32)(H,30,33). The third-order valence-corrected chi connectivity index (χ3v) is 5.07. The summed E-state index contributed by atoms with van der Waals surface area (Å²) >= 11 is 0. The molecular weight excluding hydrogens is 420 g/mol. The predicted octanol–water partition coefficient (Wildman–Crippen LogP) is 1.73. The highest BCUT2D eigenvalue weighted by atomic mass is 16.2. The second-order valence-corrected chi connectivity index (χ2v) is 7.91. The van der Waals surface area contributed by atoms with Crippen molar-refractivity contribution in [3.05, 3.63) is 60.4 Å². The number of carbonyl (C=O) groups excluding carboxylic acids is 2. The van der Waals surface area contributed by atoms with Gasteiger partial charge in [0.1, 0.15) is 11.4 Å². The quantitative estimate of drug-likeness (QED) is 0.523. The highest BCUT2D eigenvalue weighted by Crippen LogP contribution is 2.25. The van der Waals surface area contributed by atoms with Gasteiger partial charge in [0.05, 0.1) is 17.6 Å². The summed E-state index contributed by atoms with van der Waals surface area (Å²) in [6.07, 6.45) is 6.41. The molecule has 0 unspecified atom stereocenters. The Hall–Kier alpha value is -3.92. The molecule has 0 radical (unpaired) electrons. The molecule has 33 heavy (non-hydrogen) atoms. The molecule has 10 nitrogen and oxygen atoms in total. The molecule has 3 aromatic heterocycles. The Morgan fingerprint density at radius 2 is 1.79 bits per heavy atom. The van der Waals surface area contributed by atoms with E-state index in [1.807, 2.05) is 19.9 Å². The maximum atomic E-state index is 13.0. The topological polar surface area (TPSA) is 125 Å². The van der Waals surface area contributed by atoms with Crippen LogP contribution in [0.1, 0.15) is 34.8 Å². The van der Waals surface area contributed by atoms with Gasteiger partial charge in [-0.3, -0.25) is 19.6 Å². The number of amides is 2. The van der Waals surface area contributed by atoms with Crippen LogP contribution in [-0.4, -0.2) is 64.0 Å². The van der Waals surface area contributed by atoms with Gasteiger partial charge < -0.3 is 20.9 Å². The molecule has 170 valence electrons. The number of hydrogen-bond acceptors (Lipinski definition) is 8. The van der Waals surface area contributed by atoms with E-state index in [1.165, 1.54) is 12.4 Å². The number of piperazine rings is 1. The predicted molar refractivity (Wildman–Crippen MR) is 125 cm³/mol. The molecule has 0 aliphatic carbocycles.